The van der Waals surface area contributed by atoms with Gasteiger partial charge in [0.2, 0.25) is 5.91 Å². The number of rotatable bonds is 6. The van der Waals surface area contributed by atoms with Crippen LogP contribution in [-0.4, -0.2) is 38.6 Å². The Hall–Kier alpha value is -2.43. The number of carbonyl (C=O) groups excluding carboxylic acids is 1. The van der Waals surface area contributed by atoms with Crippen LogP contribution in [0.4, 0.5) is 14.5 Å². The molecule has 9 heteroatoms. The van der Waals surface area contributed by atoms with Gasteiger partial charge in [-0.25, -0.2) is 8.78 Å². The van der Waals surface area contributed by atoms with Gasteiger partial charge in [0.05, 0.1) is 6.54 Å². The molecule has 6 nitrogen and oxygen atoms in total. The third-order valence-corrected chi connectivity index (χ3v) is 4.40. The summed E-state index contributed by atoms with van der Waals surface area (Å²) in [6.07, 6.45) is 0.403. The molecule has 1 unspecified atom stereocenters. The van der Waals surface area contributed by atoms with Crippen LogP contribution in [0, 0.1) is 11.6 Å². The Morgan fingerprint density at radius 1 is 1.21 bits per heavy atom. The van der Waals surface area contributed by atoms with Crippen molar-refractivity contribution in [2.45, 2.75) is 12.3 Å². The maximum atomic E-state index is 13.2. The molecule has 3 N–H and O–H groups in total. The van der Waals surface area contributed by atoms with Gasteiger partial charge in [0, 0.05) is 37.7 Å². The molecule has 0 spiro atoms. The summed E-state index contributed by atoms with van der Waals surface area (Å²) in [5.74, 6) is -0.992. The molecule has 1 atom stereocenters. The number of benzene rings is 2. The molecule has 1 amide bonds. The van der Waals surface area contributed by atoms with Crippen molar-refractivity contribution in [1.82, 2.24) is 10.6 Å². The van der Waals surface area contributed by atoms with Crippen molar-refractivity contribution in [3.8, 4) is 5.75 Å². The summed E-state index contributed by atoms with van der Waals surface area (Å²) in [6, 6.07) is 11.1. The standard InChI is InChI=1S/C20H22F2N4O2.HI/c1-23-20(24-8-9-28-14-6-7-16(21)17(22)11-14)25-12-13-10-19(27)26-18-5-3-2-4-15(13)18;/h2-7,11,13H,8-10,12H2,1H3,(H,26,27)(H2,23,24,25);1H. The van der Waals surface area contributed by atoms with E-state index in [1.54, 1.807) is 7.05 Å². The van der Waals surface area contributed by atoms with Crippen molar-refractivity contribution in [2.24, 2.45) is 4.99 Å². The first-order valence-corrected chi connectivity index (χ1v) is 8.98. The van der Waals surface area contributed by atoms with E-state index >= 15 is 0 Å². The van der Waals surface area contributed by atoms with Crippen LogP contribution in [-0.2, 0) is 4.79 Å². The highest BCUT2D eigenvalue weighted by Gasteiger charge is 2.24. The van der Waals surface area contributed by atoms with Gasteiger partial charge in [0.1, 0.15) is 12.4 Å². The molecular weight excluding hydrogens is 493 g/mol. The number of nitrogens with one attached hydrogen (secondary N) is 3. The first kappa shape index (κ1) is 22.9. The summed E-state index contributed by atoms with van der Waals surface area (Å²) >= 11 is 0. The topological polar surface area (TPSA) is 74.8 Å². The Bertz CT molecular complexity index is 879. The molecular formula is C20H23F2IN4O2. The number of anilines is 1. The van der Waals surface area contributed by atoms with Crippen molar-refractivity contribution in [3.05, 3.63) is 59.7 Å². The first-order valence-electron chi connectivity index (χ1n) is 8.98. The van der Waals surface area contributed by atoms with Crippen LogP contribution in [0.15, 0.2) is 47.5 Å². The molecule has 0 saturated carbocycles. The average molecular weight is 516 g/mol. The molecule has 0 aromatic heterocycles. The quantitative estimate of drug-likeness (QED) is 0.239. The SMILES string of the molecule is CN=C(NCCOc1ccc(F)c(F)c1)NCC1CC(=O)Nc2ccccc21.I. The zero-order chi connectivity index (χ0) is 19.9. The van der Waals surface area contributed by atoms with E-state index in [4.69, 9.17) is 4.74 Å². The molecule has 1 aliphatic heterocycles. The Kier molecular flexibility index (Phi) is 8.62. The lowest BCUT2D eigenvalue weighted by Crippen LogP contribution is -2.42. The Balaban J connectivity index is 0.00000300. The number of carbonyl (C=O) groups is 1. The van der Waals surface area contributed by atoms with Crippen molar-refractivity contribution in [1.29, 1.82) is 0 Å². The normalized spacial score (nSPS) is 15.6. The maximum absolute atomic E-state index is 13.2. The predicted molar refractivity (Wildman–Crippen MR) is 119 cm³/mol. The van der Waals surface area contributed by atoms with Crippen LogP contribution in [0.3, 0.4) is 0 Å². The number of hydrogen-bond donors (Lipinski definition) is 3. The number of nitrogens with zero attached hydrogens (tertiary/aromatic N) is 1. The fourth-order valence-corrected chi connectivity index (χ4v) is 3.03. The van der Waals surface area contributed by atoms with Crippen molar-refractivity contribution < 1.29 is 18.3 Å². The number of amides is 1. The Labute approximate surface area is 185 Å². The molecule has 0 aliphatic carbocycles. The smallest absolute Gasteiger partial charge is 0.225 e. The monoisotopic (exact) mass is 516 g/mol. The fourth-order valence-electron chi connectivity index (χ4n) is 3.03. The minimum absolute atomic E-state index is 0. The molecule has 0 radical (unpaired) electrons. The largest absolute Gasteiger partial charge is 0.492 e. The van der Waals surface area contributed by atoms with Gasteiger partial charge < -0.3 is 20.7 Å². The number of ether oxygens (including phenoxy) is 1. The van der Waals surface area contributed by atoms with Gasteiger partial charge in [-0.2, -0.15) is 0 Å². The van der Waals surface area contributed by atoms with Gasteiger partial charge >= 0.3 is 0 Å². The minimum atomic E-state index is -0.945. The van der Waals surface area contributed by atoms with E-state index in [-0.39, 0.29) is 48.2 Å². The number of guanidine groups is 1. The Morgan fingerprint density at radius 2 is 2.00 bits per heavy atom. The van der Waals surface area contributed by atoms with Gasteiger partial charge in [-0.15, -0.1) is 24.0 Å². The first-order chi connectivity index (χ1) is 13.6. The second-order valence-electron chi connectivity index (χ2n) is 6.34. The predicted octanol–water partition coefficient (Wildman–Crippen LogP) is 3.25. The summed E-state index contributed by atoms with van der Waals surface area (Å²) in [5, 5.41) is 9.17. The van der Waals surface area contributed by atoms with Gasteiger partial charge in [0.15, 0.2) is 17.6 Å². The molecule has 2 aromatic carbocycles. The van der Waals surface area contributed by atoms with Gasteiger partial charge in [-0.3, -0.25) is 9.79 Å². The third kappa shape index (κ3) is 6.28. The highest BCUT2D eigenvalue weighted by atomic mass is 127. The van der Waals surface area contributed by atoms with E-state index in [9.17, 15) is 13.6 Å². The molecule has 0 bridgehead atoms. The van der Waals surface area contributed by atoms with Crippen LogP contribution in [0.5, 0.6) is 5.75 Å². The van der Waals surface area contributed by atoms with E-state index in [0.29, 0.717) is 25.5 Å². The number of hydrogen-bond acceptors (Lipinski definition) is 3. The summed E-state index contributed by atoms with van der Waals surface area (Å²) < 4.78 is 31.4. The molecule has 3 rings (SSSR count). The van der Waals surface area contributed by atoms with Crippen molar-refractivity contribution in [2.75, 3.05) is 32.1 Å². The van der Waals surface area contributed by atoms with E-state index in [0.717, 1.165) is 23.4 Å². The molecule has 29 heavy (non-hydrogen) atoms. The van der Waals surface area contributed by atoms with Crippen LogP contribution in [0.2, 0.25) is 0 Å². The highest BCUT2D eigenvalue weighted by molar-refractivity contribution is 14.0. The Morgan fingerprint density at radius 3 is 2.76 bits per heavy atom. The molecule has 156 valence electrons. The summed E-state index contributed by atoms with van der Waals surface area (Å²) in [5.41, 5.74) is 1.93. The van der Waals surface area contributed by atoms with Crippen LogP contribution < -0.4 is 20.7 Å². The third-order valence-electron chi connectivity index (χ3n) is 4.40. The zero-order valence-corrected chi connectivity index (χ0v) is 18.2. The molecule has 1 aliphatic rings. The number of fused-ring (bicyclic) bond motifs is 1. The van der Waals surface area contributed by atoms with E-state index in [2.05, 4.69) is 20.9 Å². The van der Waals surface area contributed by atoms with Crippen LogP contribution in [0.1, 0.15) is 17.9 Å². The summed E-state index contributed by atoms with van der Waals surface area (Å²) in [6.45, 7) is 1.22. The zero-order valence-electron chi connectivity index (χ0n) is 15.9. The van der Waals surface area contributed by atoms with Crippen molar-refractivity contribution in [3.63, 3.8) is 0 Å². The van der Waals surface area contributed by atoms with E-state index in [1.807, 2.05) is 24.3 Å². The fraction of sp³-hybridized carbons (Fsp3) is 0.300. The number of aliphatic imine (C=N–C) groups is 1. The lowest BCUT2D eigenvalue weighted by Gasteiger charge is -2.26. The highest BCUT2D eigenvalue weighted by Crippen LogP contribution is 2.31. The molecule has 0 fully saturated rings. The lowest BCUT2D eigenvalue weighted by atomic mass is 9.90. The minimum Gasteiger partial charge on any atom is -0.492 e. The van der Waals surface area contributed by atoms with Crippen LogP contribution in [0.25, 0.3) is 0 Å². The van der Waals surface area contributed by atoms with E-state index in [1.165, 1.54) is 6.07 Å². The van der Waals surface area contributed by atoms with Crippen molar-refractivity contribution >= 4 is 41.5 Å². The maximum Gasteiger partial charge on any atom is 0.225 e. The summed E-state index contributed by atoms with van der Waals surface area (Å²) in [7, 11) is 1.65. The number of halogens is 3. The van der Waals surface area contributed by atoms with Gasteiger partial charge in [-0.05, 0) is 23.8 Å². The van der Waals surface area contributed by atoms with Gasteiger partial charge in [-0.1, -0.05) is 18.2 Å². The second-order valence-corrected chi connectivity index (χ2v) is 6.34. The van der Waals surface area contributed by atoms with E-state index < -0.39 is 11.6 Å². The molecule has 2 aromatic rings. The van der Waals surface area contributed by atoms with Crippen LogP contribution >= 0.6 is 24.0 Å². The second kappa shape index (κ2) is 10.9. The number of para-hydroxylation sites is 1. The van der Waals surface area contributed by atoms with Gasteiger partial charge in [0.25, 0.3) is 0 Å². The average Bonchev–Trinajstić information content (AvgIpc) is 2.69. The lowest BCUT2D eigenvalue weighted by molar-refractivity contribution is -0.116. The molecule has 0 saturated heterocycles. The molecule has 1 heterocycles. The summed E-state index contributed by atoms with van der Waals surface area (Å²) in [4.78, 5) is 16.0.